The Labute approximate surface area is 152 Å². The number of carbonyl (C=O) groups is 1. The molecule has 7 heteroatoms. The van der Waals surface area contributed by atoms with E-state index in [4.69, 9.17) is 11.6 Å². The van der Waals surface area contributed by atoms with Crippen LogP contribution in [0.4, 0.5) is 5.69 Å². The Morgan fingerprint density at radius 2 is 1.92 bits per heavy atom. The average Bonchev–Trinajstić information content (AvgIpc) is 3.34. The summed E-state index contributed by atoms with van der Waals surface area (Å²) in [6.45, 7) is 3.24. The summed E-state index contributed by atoms with van der Waals surface area (Å²) < 4.78 is 1.91. The van der Waals surface area contributed by atoms with E-state index in [1.807, 2.05) is 33.8 Å². The van der Waals surface area contributed by atoms with Gasteiger partial charge in [-0.1, -0.05) is 23.7 Å². The van der Waals surface area contributed by atoms with Gasteiger partial charge in [0.05, 0.1) is 22.7 Å². The minimum absolute atomic E-state index is 0.0687. The smallest absolute Gasteiger partial charge is 0.227 e. The van der Waals surface area contributed by atoms with Crippen molar-refractivity contribution in [3.8, 4) is 0 Å². The second-order valence-electron chi connectivity index (χ2n) is 6.81. The van der Waals surface area contributed by atoms with E-state index >= 15 is 0 Å². The molecule has 0 aliphatic carbocycles. The fraction of sp³-hybridized carbons (Fsp3) is 0.500. The van der Waals surface area contributed by atoms with E-state index < -0.39 is 0 Å². The van der Waals surface area contributed by atoms with Crippen LogP contribution >= 0.6 is 11.6 Å². The second kappa shape index (κ2) is 7.04. The van der Waals surface area contributed by atoms with Crippen LogP contribution < -0.4 is 4.90 Å². The van der Waals surface area contributed by atoms with Gasteiger partial charge in [-0.15, -0.1) is 0 Å². The lowest BCUT2D eigenvalue weighted by Crippen LogP contribution is -2.43. The summed E-state index contributed by atoms with van der Waals surface area (Å²) in [5.41, 5.74) is 1.03. The molecule has 6 nitrogen and oxygen atoms in total. The van der Waals surface area contributed by atoms with Crippen molar-refractivity contribution in [2.24, 2.45) is 5.92 Å². The van der Waals surface area contributed by atoms with Gasteiger partial charge in [0.15, 0.2) is 0 Å². The number of benzene rings is 1. The Balaban J connectivity index is 1.34. The molecule has 1 aromatic heterocycles. The fourth-order valence-corrected chi connectivity index (χ4v) is 4.16. The summed E-state index contributed by atoms with van der Waals surface area (Å²) in [4.78, 5) is 21.2. The van der Waals surface area contributed by atoms with Crippen molar-refractivity contribution >= 4 is 23.2 Å². The Hall–Kier alpha value is -2.08. The Morgan fingerprint density at radius 1 is 1.12 bits per heavy atom. The maximum Gasteiger partial charge on any atom is 0.227 e. The molecule has 2 saturated heterocycles. The number of nitrogens with zero attached hydrogens (tertiary/aromatic N) is 5. The topological polar surface area (TPSA) is 54.3 Å². The summed E-state index contributed by atoms with van der Waals surface area (Å²) in [5.74, 6) is 0.353. The minimum Gasteiger partial charge on any atom is -0.370 e. The number of piperidine rings is 1. The third-order valence-electron chi connectivity index (χ3n) is 5.32. The van der Waals surface area contributed by atoms with Gasteiger partial charge in [-0.05, 0) is 31.4 Å². The molecule has 2 aromatic rings. The number of hydrogen-bond donors (Lipinski definition) is 0. The lowest BCUT2D eigenvalue weighted by atomic mass is 10.0. The molecule has 0 radical (unpaired) electrons. The van der Waals surface area contributed by atoms with Gasteiger partial charge in [0, 0.05) is 26.2 Å². The summed E-state index contributed by atoms with van der Waals surface area (Å²) in [5, 5.41) is 4.98. The van der Waals surface area contributed by atoms with Crippen molar-refractivity contribution in [3.63, 3.8) is 0 Å². The molecular formula is C18H22ClN5O. The van der Waals surface area contributed by atoms with Crippen LogP contribution in [0.25, 0.3) is 0 Å². The highest BCUT2D eigenvalue weighted by atomic mass is 35.5. The summed E-state index contributed by atoms with van der Waals surface area (Å²) >= 11 is 6.29. The highest BCUT2D eigenvalue weighted by molar-refractivity contribution is 6.33. The van der Waals surface area contributed by atoms with Gasteiger partial charge in [0.1, 0.15) is 12.7 Å². The quantitative estimate of drug-likeness (QED) is 0.845. The van der Waals surface area contributed by atoms with E-state index in [0.29, 0.717) is 6.04 Å². The zero-order valence-electron chi connectivity index (χ0n) is 14.1. The Morgan fingerprint density at radius 3 is 2.64 bits per heavy atom. The molecule has 3 heterocycles. The zero-order valence-corrected chi connectivity index (χ0v) is 14.8. The first-order valence-corrected chi connectivity index (χ1v) is 9.22. The van der Waals surface area contributed by atoms with Crippen molar-refractivity contribution in [3.05, 3.63) is 41.9 Å². The minimum atomic E-state index is 0.0687. The predicted octanol–water partition coefficient (Wildman–Crippen LogP) is 2.62. The zero-order chi connectivity index (χ0) is 17.2. The van der Waals surface area contributed by atoms with Gasteiger partial charge in [-0.2, -0.15) is 5.10 Å². The van der Waals surface area contributed by atoms with Crippen LogP contribution in [0, 0.1) is 5.92 Å². The van der Waals surface area contributed by atoms with Gasteiger partial charge in [0.25, 0.3) is 0 Å². The standard InChI is InChI=1S/C18H22ClN5O/c19-16-3-1-2-4-17(16)23-8-5-14(11-23)18(25)22-9-6-15(7-10-22)24-13-20-12-21-24/h1-4,12-15H,5-11H2/t14-/m0/s1. The number of para-hydroxylation sites is 1. The lowest BCUT2D eigenvalue weighted by Gasteiger charge is -2.33. The maximum atomic E-state index is 12.9. The molecule has 0 spiro atoms. The molecule has 4 rings (SSSR count). The Kier molecular flexibility index (Phi) is 4.61. The second-order valence-corrected chi connectivity index (χ2v) is 7.22. The summed E-state index contributed by atoms with van der Waals surface area (Å²) in [6, 6.07) is 8.21. The number of halogens is 1. The first-order chi connectivity index (χ1) is 12.2. The number of anilines is 1. The van der Waals surface area contributed by atoms with Crippen molar-refractivity contribution < 1.29 is 4.79 Å². The third-order valence-corrected chi connectivity index (χ3v) is 5.64. The molecule has 0 saturated carbocycles. The number of amides is 1. The van der Waals surface area contributed by atoms with Crippen LogP contribution in [0.2, 0.25) is 5.02 Å². The lowest BCUT2D eigenvalue weighted by molar-refractivity contribution is -0.136. The molecule has 1 aromatic carbocycles. The third kappa shape index (κ3) is 3.35. The monoisotopic (exact) mass is 359 g/mol. The van der Waals surface area contributed by atoms with Crippen LogP contribution in [0.3, 0.4) is 0 Å². The van der Waals surface area contributed by atoms with Gasteiger partial charge < -0.3 is 9.80 Å². The molecule has 25 heavy (non-hydrogen) atoms. The molecule has 132 valence electrons. The summed E-state index contributed by atoms with van der Waals surface area (Å²) in [7, 11) is 0. The summed E-state index contributed by atoms with van der Waals surface area (Å²) in [6.07, 6.45) is 6.11. The van der Waals surface area contributed by atoms with Crippen LogP contribution in [-0.4, -0.2) is 51.8 Å². The molecule has 0 unspecified atom stereocenters. The molecule has 2 aliphatic rings. The van der Waals surface area contributed by atoms with Crippen molar-refractivity contribution in [2.75, 3.05) is 31.1 Å². The molecule has 2 aliphatic heterocycles. The van der Waals surface area contributed by atoms with Gasteiger partial charge in [-0.3, -0.25) is 4.79 Å². The van der Waals surface area contributed by atoms with Gasteiger partial charge in [0.2, 0.25) is 5.91 Å². The first kappa shape index (κ1) is 16.4. The highest BCUT2D eigenvalue weighted by Crippen LogP contribution is 2.31. The molecule has 0 N–H and O–H groups in total. The van der Waals surface area contributed by atoms with E-state index in [-0.39, 0.29) is 11.8 Å². The first-order valence-electron chi connectivity index (χ1n) is 8.85. The van der Waals surface area contributed by atoms with E-state index in [0.717, 1.165) is 56.2 Å². The predicted molar refractivity (Wildman–Crippen MR) is 96.6 cm³/mol. The molecule has 2 fully saturated rings. The average molecular weight is 360 g/mol. The van der Waals surface area contributed by atoms with Crippen molar-refractivity contribution in [2.45, 2.75) is 25.3 Å². The van der Waals surface area contributed by atoms with Crippen LogP contribution in [0.1, 0.15) is 25.3 Å². The number of carbonyl (C=O) groups excluding carboxylic acids is 1. The fourth-order valence-electron chi connectivity index (χ4n) is 3.90. The van der Waals surface area contributed by atoms with E-state index in [1.54, 1.807) is 12.7 Å². The maximum absolute atomic E-state index is 12.9. The van der Waals surface area contributed by atoms with E-state index in [2.05, 4.69) is 15.0 Å². The Bertz CT molecular complexity index is 727. The highest BCUT2D eigenvalue weighted by Gasteiger charge is 2.34. The van der Waals surface area contributed by atoms with Crippen LogP contribution in [-0.2, 0) is 4.79 Å². The molecular weight excluding hydrogens is 338 g/mol. The molecule has 1 amide bonds. The number of likely N-dealkylation sites (tertiary alicyclic amines) is 1. The number of hydrogen-bond acceptors (Lipinski definition) is 4. The van der Waals surface area contributed by atoms with E-state index in [1.165, 1.54) is 0 Å². The SMILES string of the molecule is O=C([C@H]1CCN(c2ccccc2Cl)C1)N1CCC(n2cncn2)CC1. The van der Waals surface area contributed by atoms with Gasteiger partial charge >= 0.3 is 0 Å². The van der Waals surface area contributed by atoms with Gasteiger partial charge in [-0.25, -0.2) is 9.67 Å². The molecule has 1 atom stereocenters. The normalized spacial score (nSPS) is 21.7. The number of aromatic nitrogens is 3. The molecule has 0 bridgehead atoms. The number of rotatable bonds is 3. The largest absolute Gasteiger partial charge is 0.370 e. The van der Waals surface area contributed by atoms with E-state index in [9.17, 15) is 4.79 Å². The van der Waals surface area contributed by atoms with Crippen molar-refractivity contribution in [1.29, 1.82) is 0 Å². The van der Waals surface area contributed by atoms with Crippen LogP contribution in [0.15, 0.2) is 36.9 Å². The van der Waals surface area contributed by atoms with Crippen LogP contribution in [0.5, 0.6) is 0 Å². The van der Waals surface area contributed by atoms with Crippen molar-refractivity contribution in [1.82, 2.24) is 19.7 Å².